The van der Waals surface area contributed by atoms with Crippen LogP contribution >= 0.6 is 0 Å². The van der Waals surface area contributed by atoms with E-state index >= 15 is 0 Å². The number of carbonyl (C=O) groups excluding carboxylic acids is 1. The van der Waals surface area contributed by atoms with Crippen LogP contribution in [0.15, 0.2) is 24.3 Å². The Morgan fingerprint density at radius 1 is 1.29 bits per heavy atom. The number of benzene rings is 1. The van der Waals surface area contributed by atoms with Crippen LogP contribution in [0, 0.1) is 18.8 Å². The minimum absolute atomic E-state index is 0.000365. The molecule has 0 heterocycles. The summed E-state index contributed by atoms with van der Waals surface area (Å²) in [6.45, 7) is 6.84. The van der Waals surface area contributed by atoms with E-state index in [-0.39, 0.29) is 11.8 Å². The highest BCUT2D eigenvalue weighted by Crippen LogP contribution is 2.17. The van der Waals surface area contributed by atoms with Crippen molar-refractivity contribution in [2.45, 2.75) is 20.8 Å². The van der Waals surface area contributed by atoms with Crippen molar-refractivity contribution in [2.24, 2.45) is 11.8 Å². The monoisotopic (exact) mass is 234 g/mol. The zero-order valence-electron chi connectivity index (χ0n) is 11.1. The van der Waals surface area contributed by atoms with Crippen molar-refractivity contribution < 1.29 is 4.79 Å². The zero-order valence-corrected chi connectivity index (χ0v) is 11.1. The Kier molecular flexibility index (Phi) is 5.16. The topological polar surface area (TPSA) is 41.1 Å². The highest BCUT2D eigenvalue weighted by molar-refractivity contribution is 5.93. The molecule has 1 rings (SSSR count). The number of hydrogen-bond acceptors (Lipinski definition) is 2. The third-order valence-corrected chi connectivity index (χ3v) is 2.97. The summed E-state index contributed by atoms with van der Waals surface area (Å²) in [7, 11) is 1.87. The third kappa shape index (κ3) is 3.86. The molecule has 0 spiro atoms. The first kappa shape index (κ1) is 13.7. The Morgan fingerprint density at radius 2 is 1.94 bits per heavy atom. The molecule has 0 fully saturated rings. The Morgan fingerprint density at radius 3 is 2.47 bits per heavy atom. The van der Waals surface area contributed by atoms with Crippen molar-refractivity contribution in [1.82, 2.24) is 5.32 Å². The fourth-order valence-corrected chi connectivity index (χ4v) is 1.79. The Bertz CT molecular complexity index is 374. The number of amides is 1. The van der Waals surface area contributed by atoms with Gasteiger partial charge in [0.15, 0.2) is 0 Å². The lowest BCUT2D eigenvalue weighted by Crippen LogP contribution is -2.34. The number of aryl methyl sites for hydroxylation is 1. The summed E-state index contributed by atoms with van der Waals surface area (Å²) >= 11 is 0. The molecule has 1 amide bonds. The van der Waals surface area contributed by atoms with Crippen LogP contribution in [0.1, 0.15) is 19.4 Å². The van der Waals surface area contributed by atoms with E-state index < -0.39 is 0 Å². The Balaban J connectivity index is 2.73. The molecule has 1 atom stereocenters. The first-order valence-electron chi connectivity index (χ1n) is 6.07. The highest BCUT2D eigenvalue weighted by Gasteiger charge is 2.21. The molecule has 3 heteroatoms. The van der Waals surface area contributed by atoms with Crippen molar-refractivity contribution >= 4 is 11.6 Å². The first-order valence-corrected chi connectivity index (χ1v) is 6.07. The van der Waals surface area contributed by atoms with Crippen LogP contribution in [0.5, 0.6) is 0 Å². The average Bonchev–Trinajstić information content (AvgIpc) is 2.28. The number of carbonyl (C=O) groups is 1. The van der Waals surface area contributed by atoms with Crippen molar-refractivity contribution in [2.75, 3.05) is 18.9 Å². The normalized spacial score (nSPS) is 12.5. The quantitative estimate of drug-likeness (QED) is 0.821. The van der Waals surface area contributed by atoms with Crippen molar-refractivity contribution in [3.8, 4) is 0 Å². The average molecular weight is 234 g/mol. The maximum atomic E-state index is 12.1. The van der Waals surface area contributed by atoms with Gasteiger partial charge in [-0.05, 0) is 31.5 Å². The first-order chi connectivity index (χ1) is 8.06. The molecule has 0 radical (unpaired) electrons. The molecule has 0 bridgehead atoms. The summed E-state index contributed by atoms with van der Waals surface area (Å²) in [5, 5.41) is 6.07. The van der Waals surface area contributed by atoms with Gasteiger partial charge in [0, 0.05) is 12.2 Å². The van der Waals surface area contributed by atoms with Gasteiger partial charge in [0.1, 0.15) is 0 Å². The largest absolute Gasteiger partial charge is 0.326 e. The van der Waals surface area contributed by atoms with E-state index in [9.17, 15) is 4.79 Å². The molecular formula is C14H22N2O. The molecule has 1 aromatic carbocycles. The summed E-state index contributed by atoms with van der Waals surface area (Å²) in [6.07, 6.45) is 0. The molecule has 17 heavy (non-hydrogen) atoms. The van der Waals surface area contributed by atoms with Crippen molar-refractivity contribution in [3.05, 3.63) is 29.8 Å². The minimum atomic E-state index is -0.000365. The summed E-state index contributed by atoms with van der Waals surface area (Å²) in [5.74, 6) is 0.412. The van der Waals surface area contributed by atoms with Crippen LogP contribution in [0.3, 0.4) is 0 Å². The number of anilines is 1. The number of nitrogens with one attached hydrogen (secondary N) is 2. The van der Waals surface area contributed by atoms with E-state index in [1.807, 2.05) is 38.2 Å². The summed E-state index contributed by atoms with van der Waals surface area (Å²) in [6, 6.07) is 7.84. The molecule has 0 aliphatic rings. The van der Waals surface area contributed by atoms with Crippen LogP contribution in [0.25, 0.3) is 0 Å². The molecule has 1 unspecified atom stereocenters. The fourth-order valence-electron chi connectivity index (χ4n) is 1.79. The molecule has 3 nitrogen and oxygen atoms in total. The lowest BCUT2D eigenvalue weighted by Gasteiger charge is -2.20. The summed E-state index contributed by atoms with van der Waals surface area (Å²) in [5.41, 5.74) is 1.99. The van der Waals surface area contributed by atoms with Crippen molar-refractivity contribution in [3.63, 3.8) is 0 Å². The number of para-hydroxylation sites is 1. The van der Waals surface area contributed by atoms with Crippen LogP contribution < -0.4 is 10.6 Å². The number of rotatable bonds is 5. The van der Waals surface area contributed by atoms with Gasteiger partial charge in [-0.3, -0.25) is 4.79 Å². The van der Waals surface area contributed by atoms with E-state index in [1.165, 1.54) is 0 Å². The van der Waals surface area contributed by atoms with Gasteiger partial charge in [-0.15, -0.1) is 0 Å². The minimum Gasteiger partial charge on any atom is -0.326 e. The van der Waals surface area contributed by atoms with Crippen LogP contribution in [-0.4, -0.2) is 19.5 Å². The molecule has 94 valence electrons. The standard InChI is InChI=1S/C14H22N2O/c1-10(2)12(9-15-4)14(17)16-13-8-6-5-7-11(13)3/h5-8,10,12,15H,9H2,1-4H3,(H,16,17). The second-order valence-electron chi connectivity index (χ2n) is 4.71. The van der Waals surface area contributed by atoms with Crippen LogP contribution in [0.2, 0.25) is 0 Å². The van der Waals surface area contributed by atoms with Crippen LogP contribution in [-0.2, 0) is 4.79 Å². The molecule has 0 saturated carbocycles. The summed E-state index contributed by atoms with van der Waals surface area (Å²) < 4.78 is 0. The molecule has 0 aromatic heterocycles. The number of hydrogen-bond donors (Lipinski definition) is 2. The van der Waals surface area contributed by atoms with E-state index in [0.29, 0.717) is 12.5 Å². The molecule has 0 saturated heterocycles. The van der Waals surface area contributed by atoms with E-state index in [4.69, 9.17) is 0 Å². The molecular weight excluding hydrogens is 212 g/mol. The van der Waals surface area contributed by atoms with Gasteiger partial charge in [-0.25, -0.2) is 0 Å². The van der Waals surface area contributed by atoms with E-state index in [0.717, 1.165) is 11.3 Å². The predicted molar refractivity (Wildman–Crippen MR) is 72.1 cm³/mol. The molecule has 0 aliphatic carbocycles. The van der Waals surface area contributed by atoms with Gasteiger partial charge < -0.3 is 10.6 Å². The van der Waals surface area contributed by atoms with E-state index in [1.54, 1.807) is 0 Å². The summed E-state index contributed by atoms with van der Waals surface area (Å²) in [4.78, 5) is 12.1. The fraction of sp³-hybridized carbons (Fsp3) is 0.500. The SMILES string of the molecule is CNCC(C(=O)Nc1ccccc1C)C(C)C. The molecule has 2 N–H and O–H groups in total. The van der Waals surface area contributed by atoms with Gasteiger partial charge in [0.2, 0.25) is 5.91 Å². The second kappa shape index (κ2) is 6.40. The second-order valence-corrected chi connectivity index (χ2v) is 4.71. The van der Waals surface area contributed by atoms with Gasteiger partial charge >= 0.3 is 0 Å². The maximum Gasteiger partial charge on any atom is 0.229 e. The van der Waals surface area contributed by atoms with E-state index in [2.05, 4.69) is 24.5 Å². The highest BCUT2D eigenvalue weighted by atomic mass is 16.1. The van der Waals surface area contributed by atoms with Gasteiger partial charge in [-0.1, -0.05) is 32.0 Å². The van der Waals surface area contributed by atoms with Gasteiger partial charge in [0.05, 0.1) is 5.92 Å². The van der Waals surface area contributed by atoms with Gasteiger partial charge in [-0.2, -0.15) is 0 Å². The maximum absolute atomic E-state index is 12.1. The lowest BCUT2D eigenvalue weighted by molar-refractivity contribution is -0.120. The third-order valence-electron chi connectivity index (χ3n) is 2.97. The zero-order chi connectivity index (χ0) is 12.8. The Hall–Kier alpha value is -1.35. The Labute approximate surface area is 104 Å². The lowest BCUT2D eigenvalue weighted by atomic mass is 9.94. The van der Waals surface area contributed by atoms with Crippen molar-refractivity contribution in [1.29, 1.82) is 0 Å². The molecule has 0 aliphatic heterocycles. The van der Waals surface area contributed by atoms with Gasteiger partial charge in [0.25, 0.3) is 0 Å². The van der Waals surface area contributed by atoms with Crippen LogP contribution in [0.4, 0.5) is 5.69 Å². The molecule has 1 aromatic rings. The predicted octanol–water partition coefficient (Wildman–Crippen LogP) is 2.43. The smallest absolute Gasteiger partial charge is 0.229 e.